The third-order valence-corrected chi connectivity index (χ3v) is 5.81. The second kappa shape index (κ2) is 8.72. The number of aliphatic hydroxyl groups is 1. The van der Waals surface area contributed by atoms with Crippen molar-refractivity contribution in [1.82, 2.24) is 4.90 Å². The van der Waals surface area contributed by atoms with Crippen LogP contribution in [0.1, 0.15) is 55.5 Å². The smallest absolute Gasteiger partial charge is 0.225 e. The van der Waals surface area contributed by atoms with E-state index in [0.29, 0.717) is 19.7 Å². The van der Waals surface area contributed by atoms with Gasteiger partial charge >= 0.3 is 0 Å². The molecule has 3 atom stereocenters. The fourth-order valence-corrected chi connectivity index (χ4v) is 4.21. The molecular weight excluding hydrogens is 326 g/mol. The van der Waals surface area contributed by atoms with Crippen LogP contribution in [0.4, 0.5) is 0 Å². The van der Waals surface area contributed by atoms with Gasteiger partial charge in [0.2, 0.25) is 5.91 Å². The highest BCUT2D eigenvalue weighted by Gasteiger charge is 2.38. The maximum atomic E-state index is 12.8. The Labute approximate surface area is 157 Å². The third-order valence-electron chi connectivity index (χ3n) is 5.81. The molecule has 3 unspecified atom stereocenters. The molecule has 4 heteroatoms. The minimum Gasteiger partial charge on any atom is -0.489 e. The number of amides is 1. The summed E-state index contributed by atoms with van der Waals surface area (Å²) in [4.78, 5) is 14.7. The fraction of sp³-hybridized carbons (Fsp3) is 0.591. The molecule has 0 aromatic heterocycles. The highest BCUT2D eigenvalue weighted by Crippen LogP contribution is 2.44. The second-order valence-electron chi connectivity index (χ2n) is 7.26. The molecule has 0 aliphatic heterocycles. The zero-order valence-corrected chi connectivity index (χ0v) is 16.8. The molecule has 0 saturated carbocycles. The van der Waals surface area contributed by atoms with Crippen LogP contribution < -0.4 is 4.74 Å². The molecule has 4 nitrogen and oxygen atoms in total. The van der Waals surface area contributed by atoms with Crippen molar-refractivity contribution < 1.29 is 14.6 Å². The normalized spacial score (nSPS) is 20.2. The quantitative estimate of drug-likeness (QED) is 0.750. The molecule has 0 radical (unpaired) electrons. The van der Waals surface area contributed by atoms with Crippen molar-refractivity contribution in [3.05, 3.63) is 41.0 Å². The molecule has 1 aromatic carbocycles. The Bertz CT molecular complexity index is 664. The summed E-state index contributed by atoms with van der Waals surface area (Å²) in [5.41, 5.74) is 4.29. The number of rotatable bonds is 7. The maximum Gasteiger partial charge on any atom is 0.225 e. The lowest BCUT2D eigenvalue weighted by molar-refractivity contribution is -0.138. The number of aryl methyl sites for hydroxylation is 1. The molecule has 0 fully saturated rings. The number of hydrogen-bond acceptors (Lipinski definition) is 3. The lowest BCUT2D eigenvalue weighted by Gasteiger charge is -2.37. The molecule has 0 bridgehead atoms. The number of ether oxygens (including phenoxy) is 1. The molecule has 1 N–H and O–H groups in total. The van der Waals surface area contributed by atoms with Crippen molar-refractivity contribution in [3.63, 3.8) is 0 Å². The highest BCUT2D eigenvalue weighted by molar-refractivity contribution is 5.79. The van der Waals surface area contributed by atoms with E-state index in [1.165, 1.54) is 5.56 Å². The fourth-order valence-electron chi connectivity index (χ4n) is 4.21. The Balaban J connectivity index is 2.36. The van der Waals surface area contributed by atoms with Crippen molar-refractivity contribution in [3.8, 4) is 5.75 Å². The van der Waals surface area contributed by atoms with Gasteiger partial charge in [0.15, 0.2) is 0 Å². The Morgan fingerprint density at radius 3 is 2.65 bits per heavy atom. The molecule has 0 spiro atoms. The summed E-state index contributed by atoms with van der Waals surface area (Å²) >= 11 is 0. The zero-order valence-electron chi connectivity index (χ0n) is 16.8. The van der Waals surface area contributed by atoms with Crippen molar-refractivity contribution >= 4 is 5.91 Å². The Morgan fingerprint density at radius 2 is 2.08 bits per heavy atom. The summed E-state index contributed by atoms with van der Waals surface area (Å²) in [6, 6.07) is 2.05. The van der Waals surface area contributed by atoms with E-state index in [1.807, 2.05) is 32.6 Å². The van der Waals surface area contributed by atoms with Crippen LogP contribution >= 0.6 is 0 Å². The monoisotopic (exact) mass is 359 g/mol. The van der Waals surface area contributed by atoms with E-state index < -0.39 is 6.10 Å². The van der Waals surface area contributed by atoms with Crippen LogP contribution in [-0.4, -0.2) is 35.6 Å². The van der Waals surface area contributed by atoms with E-state index in [4.69, 9.17) is 4.74 Å². The third kappa shape index (κ3) is 3.80. The number of nitrogens with zero attached hydrogens (tertiary/aromatic N) is 1. The summed E-state index contributed by atoms with van der Waals surface area (Å²) in [5, 5.41) is 11.2. The van der Waals surface area contributed by atoms with Crippen molar-refractivity contribution in [2.24, 2.45) is 11.8 Å². The summed E-state index contributed by atoms with van der Waals surface area (Å²) in [5.74, 6) is 0.665. The van der Waals surface area contributed by atoms with Gasteiger partial charge in [0.05, 0.1) is 6.10 Å². The van der Waals surface area contributed by atoms with Crippen LogP contribution in [0.2, 0.25) is 0 Å². The average molecular weight is 360 g/mol. The zero-order chi connectivity index (χ0) is 19.4. The van der Waals surface area contributed by atoms with Gasteiger partial charge in [-0.05, 0) is 68.9 Å². The summed E-state index contributed by atoms with van der Waals surface area (Å²) < 4.78 is 5.79. The number of carbonyl (C=O) groups excluding carboxylic acids is 1. The minimum absolute atomic E-state index is 0.0663. The number of benzene rings is 1. The molecule has 1 aliphatic carbocycles. The van der Waals surface area contributed by atoms with Crippen LogP contribution in [0.3, 0.4) is 0 Å². The lowest BCUT2D eigenvalue weighted by Crippen LogP contribution is -2.40. The van der Waals surface area contributed by atoms with Crippen LogP contribution in [0.5, 0.6) is 5.75 Å². The van der Waals surface area contributed by atoms with Gasteiger partial charge in [-0.2, -0.15) is 0 Å². The predicted molar refractivity (Wildman–Crippen MR) is 105 cm³/mol. The molecule has 0 heterocycles. The van der Waals surface area contributed by atoms with Gasteiger partial charge in [-0.15, -0.1) is 0 Å². The molecule has 144 valence electrons. The standard InChI is InChI=1S/C22H33NO3/c1-7-12-26-19-13-14(4)17-10-11-18(21(24)20(17)16(19)6)15(5)22(25)23(8-2)9-3/h7,13,15,18,21,24H,1,8-12H2,2-6H3. The molecule has 1 aromatic rings. The number of carbonyl (C=O) groups is 1. The van der Waals surface area contributed by atoms with Gasteiger partial charge in [-0.25, -0.2) is 0 Å². The summed E-state index contributed by atoms with van der Waals surface area (Å²) in [7, 11) is 0. The Kier molecular flexibility index (Phi) is 6.87. The van der Waals surface area contributed by atoms with E-state index in [9.17, 15) is 9.90 Å². The number of hydrogen-bond donors (Lipinski definition) is 1. The topological polar surface area (TPSA) is 49.8 Å². The van der Waals surface area contributed by atoms with E-state index >= 15 is 0 Å². The second-order valence-corrected chi connectivity index (χ2v) is 7.26. The van der Waals surface area contributed by atoms with Crippen LogP contribution in [-0.2, 0) is 11.2 Å². The van der Waals surface area contributed by atoms with E-state index in [-0.39, 0.29) is 17.7 Å². The van der Waals surface area contributed by atoms with Gasteiger partial charge in [0, 0.05) is 24.9 Å². The van der Waals surface area contributed by atoms with E-state index in [2.05, 4.69) is 19.6 Å². The highest BCUT2D eigenvalue weighted by atomic mass is 16.5. The molecule has 1 aliphatic rings. The van der Waals surface area contributed by atoms with Crippen LogP contribution in [0, 0.1) is 25.7 Å². The van der Waals surface area contributed by atoms with Gasteiger partial charge < -0.3 is 14.7 Å². The first-order chi connectivity index (χ1) is 12.4. The first-order valence-corrected chi connectivity index (χ1v) is 9.70. The molecular formula is C22H33NO3. The first-order valence-electron chi connectivity index (χ1n) is 9.70. The van der Waals surface area contributed by atoms with E-state index in [1.54, 1.807) is 6.08 Å². The average Bonchev–Trinajstić information content (AvgIpc) is 2.63. The lowest BCUT2D eigenvalue weighted by atomic mass is 9.72. The summed E-state index contributed by atoms with van der Waals surface area (Å²) in [6.45, 7) is 15.6. The van der Waals surface area contributed by atoms with Gasteiger partial charge in [0.25, 0.3) is 0 Å². The maximum absolute atomic E-state index is 12.8. The summed E-state index contributed by atoms with van der Waals surface area (Å²) in [6.07, 6.45) is 2.80. The molecule has 1 amide bonds. The van der Waals surface area contributed by atoms with E-state index in [0.717, 1.165) is 35.3 Å². The Morgan fingerprint density at radius 1 is 1.42 bits per heavy atom. The largest absolute Gasteiger partial charge is 0.489 e. The first kappa shape index (κ1) is 20.5. The van der Waals surface area contributed by atoms with Gasteiger partial charge in [-0.3, -0.25) is 4.79 Å². The van der Waals surface area contributed by atoms with Gasteiger partial charge in [0.1, 0.15) is 12.4 Å². The molecule has 26 heavy (non-hydrogen) atoms. The Hall–Kier alpha value is -1.81. The van der Waals surface area contributed by atoms with Crippen molar-refractivity contribution in [2.75, 3.05) is 19.7 Å². The SMILES string of the molecule is C=CCOc1cc(C)c2c(c1C)C(O)C(C(C)C(=O)N(CC)CC)CC2. The van der Waals surface area contributed by atoms with Crippen molar-refractivity contribution in [2.45, 2.75) is 53.6 Å². The number of fused-ring (bicyclic) bond motifs is 1. The van der Waals surface area contributed by atoms with Crippen LogP contribution in [0.25, 0.3) is 0 Å². The van der Waals surface area contributed by atoms with Gasteiger partial charge in [-0.1, -0.05) is 19.6 Å². The number of aliphatic hydroxyl groups excluding tert-OH is 1. The predicted octanol–water partition coefficient (Wildman–Crippen LogP) is 3.97. The molecule has 0 saturated heterocycles. The van der Waals surface area contributed by atoms with Crippen molar-refractivity contribution in [1.29, 1.82) is 0 Å². The minimum atomic E-state index is -0.640. The van der Waals surface area contributed by atoms with Crippen LogP contribution in [0.15, 0.2) is 18.7 Å². The molecule has 2 rings (SSSR count).